The summed E-state index contributed by atoms with van der Waals surface area (Å²) in [5.41, 5.74) is 1.29. The van der Waals surface area contributed by atoms with Crippen molar-refractivity contribution < 1.29 is 38.5 Å². The summed E-state index contributed by atoms with van der Waals surface area (Å²) in [5, 5.41) is 9.69. The predicted molar refractivity (Wildman–Crippen MR) is 149 cm³/mol. The zero-order chi connectivity index (χ0) is 28.1. The van der Waals surface area contributed by atoms with Crippen molar-refractivity contribution in [3.63, 3.8) is 0 Å². The molecule has 0 fully saturated rings. The second kappa shape index (κ2) is 12.4. The molecule has 0 saturated carbocycles. The lowest BCUT2D eigenvalue weighted by Crippen LogP contribution is -2.05. The highest BCUT2D eigenvalue weighted by Crippen LogP contribution is 2.37. The summed E-state index contributed by atoms with van der Waals surface area (Å²) >= 11 is 2.61. The minimum Gasteiger partial charge on any atom is -0.495 e. The highest BCUT2D eigenvalue weighted by molar-refractivity contribution is 7.21. The predicted octanol–water partition coefficient (Wildman–Crippen LogP) is 5.75. The minimum absolute atomic E-state index is 0.0178. The number of pyridine rings is 1. The van der Waals surface area contributed by atoms with E-state index in [-0.39, 0.29) is 49.6 Å². The number of thiophene rings is 2. The number of ether oxygens (including phenoxy) is 3. The Kier molecular flexibility index (Phi) is 8.93. The van der Waals surface area contributed by atoms with Gasteiger partial charge in [-0.05, 0) is 30.5 Å². The molecule has 11 heteroatoms. The Morgan fingerprint density at radius 1 is 0.795 bits per heavy atom. The molecule has 0 bridgehead atoms. The lowest BCUT2D eigenvalue weighted by atomic mass is 10.1. The molecule has 0 aliphatic rings. The first-order chi connectivity index (χ1) is 18.7. The van der Waals surface area contributed by atoms with Crippen LogP contribution in [-0.2, 0) is 16.0 Å². The van der Waals surface area contributed by atoms with E-state index in [4.69, 9.17) is 19.3 Å². The van der Waals surface area contributed by atoms with Crippen molar-refractivity contribution in [1.29, 1.82) is 0 Å². The average Bonchev–Trinajstić information content (AvgIpc) is 3.52. The van der Waals surface area contributed by atoms with Crippen LogP contribution in [0.5, 0.6) is 17.2 Å². The van der Waals surface area contributed by atoms with E-state index in [0.29, 0.717) is 44.6 Å². The fraction of sp³-hybridized carbons (Fsp3) is 0.321. The molecule has 1 aromatic carbocycles. The van der Waals surface area contributed by atoms with Crippen molar-refractivity contribution >= 4 is 66.3 Å². The number of carboxylic acid groups (broad SMARTS) is 1. The summed E-state index contributed by atoms with van der Waals surface area (Å²) < 4.78 is 18.7. The van der Waals surface area contributed by atoms with Crippen LogP contribution < -0.4 is 14.2 Å². The maximum atomic E-state index is 12.5. The first-order valence-electron chi connectivity index (χ1n) is 12.2. The number of hydrogen-bond donors (Lipinski definition) is 1. The first-order valence-corrected chi connectivity index (χ1v) is 13.8. The first kappa shape index (κ1) is 28.2. The molecule has 3 heterocycles. The van der Waals surface area contributed by atoms with Gasteiger partial charge in [0.25, 0.3) is 0 Å². The van der Waals surface area contributed by atoms with Crippen molar-refractivity contribution in [2.24, 2.45) is 0 Å². The maximum absolute atomic E-state index is 12.5. The van der Waals surface area contributed by atoms with Crippen molar-refractivity contribution in [2.45, 2.75) is 39.0 Å². The van der Waals surface area contributed by atoms with Crippen molar-refractivity contribution in [3.8, 4) is 17.2 Å². The molecule has 0 aliphatic carbocycles. The molecule has 4 aromatic rings. The Morgan fingerprint density at radius 2 is 1.44 bits per heavy atom. The molecular weight excluding hydrogens is 542 g/mol. The van der Waals surface area contributed by atoms with E-state index < -0.39 is 5.97 Å². The highest BCUT2D eigenvalue weighted by Gasteiger charge is 2.17. The highest BCUT2D eigenvalue weighted by atomic mass is 32.1. The van der Waals surface area contributed by atoms with Gasteiger partial charge in [0.2, 0.25) is 0 Å². The third-order valence-electron chi connectivity index (χ3n) is 5.98. The van der Waals surface area contributed by atoms with E-state index in [9.17, 15) is 19.2 Å². The van der Waals surface area contributed by atoms with Gasteiger partial charge in [-0.15, -0.1) is 22.7 Å². The zero-order valence-electron chi connectivity index (χ0n) is 21.7. The van der Waals surface area contributed by atoms with E-state index in [1.54, 1.807) is 26.4 Å². The minimum atomic E-state index is -1.01. The summed E-state index contributed by atoms with van der Waals surface area (Å²) in [4.78, 5) is 52.6. The normalized spacial score (nSPS) is 11.1. The summed E-state index contributed by atoms with van der Waals surface area (Å²) in [6.45, 7) is 1.74. The maximum Gasteiger partial charge on any atom is 0.303 e. The monoisotopic (exact) mass is 569 g/mol. The molecule has 0 aliphatic heterocycles. The van der Waals surface area contributed by atoms with E-state index in [0.717, 1.165) is 14.8 Å². The molecule has 0 radical (unpaired) electrons. The number of carbonyl (C=O) groups is 4. The summed E-state index contributed by atoms with van der Waals surface area (Å²) in [6, 6.07) is 8.96. The molecule has 0 unspecified atom stereocenters. The number of Topliss-reactive ketones (excluding diaryl/α,β-unsaturated/α-hetero) is 3. The van der Waals surface area contributed by atoms with Crippen molar-refractivity contribution in [2.75, 3.05) is 20.8 Å². The molecule has 0 amide bonds. The second-order valence-electron chi connectivity index (χ2n) is 8.82. The van der Waals surface area contributed by atoms with E-state index in [1.807, 2.05) is 18.2 Å². The van der Waals surface area contributed by atoms with Gasteiger partial charge >= 0.3 is 5.97 Å². The third-order valence-corrected chi connectivity index (χ3v) is 8.23. The fourth-order valence-electron chi connectivity index (χ4n) is 3.95. The SMILES string of the molecule is COc1cc2sc(C(=O)CCC(C)=O)cc2cc1OCCc1nc2cc(C(=O)CCC(=O)O)sc2cc1OC. The van der Waals surface area contributed by atoms with E-state index >= 15 is 0 Å². The number of carbonyl (C=O) groups excluding carboxylic acids is 3. The number of ketones is 3. The lowest BCUT2D eigenvalue weighted by molar-refractivity contribution is -0.137. The molecule has 3 aromatic heterocycles. The zero-order valence-corrected chi connectivity index (χ0v) is 23.3. The molecule has 0 atom stereocenters. The van der Waals surface area contributed by atoms with Crippen LogP contribution in [0.3, 0.4) is 0 Å². The number of aromatic nitrogens is 1. The van der Waals surface area contributed by atoms with E-state index in [2.05, 4.69) is 4.98 Å². The lowest BCUT2D eigenvalue weighted by Gasteiger charge is -2.12. The number of nitrogens with zero attached hydrogens (tertiary/aromatic N) is 1. The van der Waals surface area contributed by atoms with Gasteiger partial charge in [-0.25, -0.2) is 4.98 Å². The van der Waals surface area contributed by atoms with Gasteiger partial charge in [-0.2, -0.15) is 0 Å². The number of methoxy groups -OCH3 is 2. The second-order valence-corrected chi connectivity index (χ2v) is 11.0. The van der Waals surface area contributed by atoms with Crippen LogP contribution in [-0.4, -0.2) is 54.2 Å². The molecule has 4 rings (SSSR count). The summed E-state index contributed by atoms with van der Waals surface area (Å²) in [6.07, 6.45) is 0.539. The fourth-order valence-corrected chi connectivity index (χ4v) is 5.99. The van der Waals surface area contributed by atoms with Gasteiger partial charge in [0.1, 0.15) is 11.5 Å². The van der Waals surface area contributed by atoms with Crippen LogP contribution in [0.25, 0.3) is 20.3 Å². The van der Waals surface area contributed by atoms with Crippen molar-refractivity contribution in [3.05, 3.63) is 45.8 Å². The Bertz CT molecular complexity index is 1450. The van der Waals surface area contributed by atoms with Crippen LogP contribution in [0.4, 0.5) is 0 Å². The number of aliphatic carboxylic acids is 1. The molecular formula is C28H27NO8S2. The van der Waals surface area contributed by atoms with Crippen molar-refractivity contribution in [1.82, 2.24) is 4.98 Å². The van der Waals surface area contributed by atoms with Gasteiger partial charge < -0.3 is 24.1 Å². The standard InChI is InChI=1S/C28H27NO8S2/c1-15(30)4-5-19(31)26-11-16-10-23(22(36-3)14-24(16)38-26)37-9-8-17-21(35-2)13-25-18(29-17)12-27(39-25)20(32)6-7-28(33)34/h10-14H,4-9H2,1-3H3,(H,33,34). The number of benzene rings is 1. The third kappa shape index (κ3) is 6.79. The molecule has 204 valence electrons. The molecule has 0 saturated heterocycles. The number of rotatable bonds is 14. The Balaban J connectivity index is 1.49. The Labute approximate surface area is 232 Å². The van der Waals surface area contributed by atoms with Crippen LogP contribution in [0, 0.1) is 0 Å². The van der Waals surface area contributed by atoms with Crippen LogP contribution >= 0.6 is 22.7 Å². The Hall–Kier alpha value is -3.83. The topological polar surface area (TPSA) is 129 Å². The molecule has 9 nitrogen and oxygen atoms in total. The average molecular weight is 570 g/mol. The van der Waals surface area contributed by atoms with Gasteiger partial charge in [-0.3, -0.25) is 14.4 Å². The van der Waals surface area contributed by atoms with Crippen LogP contribution in [0.15, 0.2) is 30.3 Å². The van der Waals surface area contributed by atoms with Gasteiger partial charge in [0.05, 0.1) is 52.9 Å². The smallest absolute Gasteiger partial charge is 0.303 e. The van der Waals surface area contributed by atoms with Gasteiger partial charge in [0.15, 0.2) is 23.1 Å². The Morgan fingerprint density at radius 3 is 2.10 bits per heavy atom. The quantitative estimate of drug-likeness (QED) is 0.189. The summed E-state index contributed by atoms with van der Waals surface area (Å²) in [7, 11) is 3.09. The summed E-state index contributed by atoms with van der Waals surface area (Å²) in [5.74, 6) is 0.282. The number of fused-ring (bicyclic) bond motifs is 2. The van der Waals surface area contributed by atoms with E-state index in [1.165, 1.54) is 29.6 Å². The molecule has 39 heavy (non-hydrogen) atoms. The van der Waals surface area contributed by atoms with Gasteiger partial charge in [0, 0.05) is 42.5 Å². The largest absolute Gasteiger partial charge is 0.495 e. The number of hydrogen-bond acceptors (Lipinski definition) is 10. The van der Waals surface area contributed by atoms with Gasteiger partial charge in [-0.1, -0.05) is 0 Å². The number of carboxylic acids is 1. The molecule has 1 N–H and O–H groups in total. The van der Waals surface area contributed by atoms with Crippen LogP contribution in [0.1, 0.15) is 57.6 Å². The molecule has 0 spiro atoms. The van der Waals surface area contributed by atoms with Crippen LogP contribution in [0.2, 0.25) is 0 Å².